The number of benzene rings is 1. The molecule has 1 aromatic carbocycles. The predicted molar refractivity (Wildman–Crippen MR) is 84.9 cm³/mol. The van der Waals surface area contributed by atoms with Gasteiger partial charge in [-0.3, -0.25) is 4.90 Å². The van der Waals surface area contributed by atoms with E-state index in [0.717, 1.165) is 25.2 Å². The van der Waals surface area contributed by atoms with E-state index in [1.165, 1.54) is 5.56 Å². The van der Waals surface area contributed by atoms with Crippen molar-refractivity contribution in [1.82, 2.24) is 4.90 Å². The average Bonchev–Trinajstić information content (AvgIpc) is 2.21. The standard InChI is InChI=1S/C16H27NO.Li.H/c1-12(2)9-17(10-13(3)4)11-15-8-14(5)6-7-16(15)18;;/h6-8,12-13,18H,9-11H2,1-5H3;;. The fourth-order valence-electron chi connectivity index (χ4n) is 2.32. The molecular formula is C16H28LiNO. The maximum absolute atomic E-state index is 9.93. The van der Waals surface area contributed by atoms with Gasteiger partial charge >= 0.3 is 18.9 Å². The van der Waals surface area contributed by atoms with Crippen LogP contribution in [0.25, 0.3) is 0 Å². The Labute approximate surface area is 130 Å². The molecule has 104 valence electrons. The van der Waals surface area contributed by atoms with Crippen LogP contribution in [0.2, 0.25) is 0 Å². The second-order valence-electron chi connectivity index (χ2n) is 6.11. The van der Waals surface area contributed by atoms with Crippen LogP contribution >= 0.6 is 0 Å². The number of rotatable bonds is 6. The molecule has 0 radical (unpaired) electrons. The molecule has 0 saturated heterocycles. The molecule has 0 aliphatic rings. The van der Waals surface area contributed by atoms with E-state index in [-0.39, 0.29) is 18.9 Å². The first kappa shape index (κ1) is 18.6. The first-order valence-corrected chi connectivity index (χ1v) is 6.89. The third-order valence-corrected chi connectivity index (χ3v) is 2.88. The van der Waals surface area contributed by atoms with Gasteiger partial charge in [-0.2, -0.15) is 0 Å². The number of nitrogens with zero attached hydrogens (tertiary/aromatic N) is 1. The Morgan fingerprint density at radius 1 is 1.05 bits per heavy atom. The fraction of sp³-hybridized carbons (Fsp3) is 0.625. The van der Waals surface area contributed by atoms with Crippen molar-refractivity contribution >= 4 is 18.9 Å². The van der Waals surface area contributed by atoms with Crippen molar-refractivity contribution in [2.45, 2.75) is 41.2 Å². The average molecular weight is 257 g/mol. The summed E-state index contributed by atoms with van der Waals surface area (Å²) in [5, 5.41) is 9.93. The van der Waals surface area contributed by atoms with Gasteiger partial charge in [0.05, 0.1) is 0 Å². The van der Waals surface area contributed by atoms with E-state index in [9.17, 15) is 5.11 Å². The van der Waals surface area contributed by atoms with Crippen LogP contribution in [-0.2, 0) is 6.54 Å². The third kappa shape index (κ3) is 7.06. The summed E-state index contributed by atoms with van der Waals surface area (Å²) in [6.45, 7) is 14.0. The molecule has 0 spiro atoms. The van der Waals surface area contributed by atoms with Crippen LogP contribution in [-0.4, -0.2) is 42.0 Å². The molecule has 0 saturated carbocycles. The molecule has 0 aliphatic heterocycles. The molecule has 0 aromatic heterocycles. The topological polar surface area (TPSA) is 23.5 Å². The van der Waals surface area contributed by atoms with Gasteiger partial charge in [0.25, 0.3) is 0 Å². The first-order chi connectivity index (χ1) is 8.38. The van der Waals surface area contributed by atoms with Gasteiger partial charge in [-0.1, -0.05) is 45.4 Å². The Kier molecular flexibility index (Phi) is 8.50. The zero-order valence-corrected chi connectivity index (χ0v) is 12.4. The Balaban J connectivity index is 0.00000324. The quantitative estimate of drug-likeness (QED) is 0.791. The number of hydrogen-bond acceptors (Lipinski definition) is 2. The van der Waals surface area contributed by atoms with E-state index < -0.39 is 0 Å². The molecule has 19 heavy (non-hydrogen) atoms. The number of hydrogen-bond donors (Lipinski definition) is 1. The summed E-state index contributed by atoms with van der Waals surface area (Å²) in [5.74, 6) is 1.71. The van der Waals surface area contributed by atoms with Crippen LogP contribution in [0, 0.1) is 18.8 Å². The van der Waals surface area contributed by atoms with Gasteiger partial charge in [-0.05, 0) is 24.8 Å². The zero-order valence-electron chi connectivity index (χ0n) is 12.4. The van der Waals surface area contributed by atoms with Crippen LogP contribution in [0.1, 0.15) is 38.8 Å². The van der Waals surface area contributed by atoms with Gasteiger partial charge in [0.2, 0.25) is 0 Å². The van der Waals surface area contributed by atoms with E-state index in [0.29, 0.717) is 17.6 Å². The molecule has 3 heteroatoms. The summed E-state index contributed by atoms with van der Waals surface area (Å²) in [6.07, 6.45) is 0. The van der Waals surface area contributed by atoms with Crippen molar-refractivity contribution in [2.24, 2.45) is 11.8 Å². The van der Waals surface area contributed by atoms with Crippen LogP contribution in [0.5, 0.6) is 5.75 Å². The number of aryl methyl sites for hydroxylation is 1. The van der Waals surface area contributed by atoms with Crippen molar-refractivity contribution < 1.29 is 5.11 Å². The summed E-state index contributed by atoms with van der Waals surface area (Å²) < 4.78 is 0. The van der Waals surface area contributed by atoms with Gasteiger partial charge < -0.3 is 5.11 Å². The fourth-order valence-corrected chi connectivity index (χ4v) is 2.32. The number of aromatic hydroxyl groups is 1. The Hall–Kier alpha value is -0.423. The monoisotopic (exact) mass is 257 g/mol. The Morgan fingerprint density at radius 3 is 2.05 bits per heavy atom. The van der Waals surface area contributed by atoms with Crippen molar-refractivity contribution in [3.63, 3.8) is 0 Å². The summed E-state index contributed by atoms with van der Waals surface area (Å²) in [5.41, 5.74) is 2.24. The Bertz CT molecular complexity index is 367. The van der Waals surface area contributed by atoms with Gasteiger partial charge in [0, 0.05) is 25.2 Å². The van der Waals surface area contributed by atoms with E-state index in [2.05, 4.69) is 45.6 Å². The number of phenols is 1. The molecular weight excluding hydrogens is 229 g/mol. The SMILES string of the molecule is Cc1ccc(O)c(CN(CC(C)C)CC(C)C)c1.[LiH]. The van der Waals surface area contributed by atoms with Gasteiger partial charge in [0.15, 0.2) is 0 Å². The molecule has 1 rings (SSSR count). The predicted octanol–water partition coefficient (Wildman–Crippen LogP) is 3.17. The molecule has 0 amide bonds. The zero-order chi connectivity index (χ0) is 13.7. The normalized spacial score (nSPS) is 11.2. The molecule has 0 fully saturated rings. The van der Waals surface area contributed by atoms with E-state index in [4.69, 9.17) is 0 Å². The van der Waals surface area contributed by atoms with Gasteiger partial charge in [-0.15, -0.1) is 0 Å². The third-order valence-electron chi connectivity index (χ3n) is 2.88. The van der Waals surface area contributed by atoms with E-state index in [1.807, 2.05) is 6.07 Å². The maximum atomic E-state index is 9.93. The summed E-state index contributed by atoms with van der Waals surface area (Å²) in [7, 11) is 0. The van der Waals surface area contributed by atoms with Crippen molar-refractivity contribution in [3.05, 3.63) is 29.3 Å². The second-order valence-corrected chi connectivity index (χ2v) is 6.11. The number of phenolic OH excluding ortho intramolecular Hbond substituents is 1. The molecule has 1 aromatic rings. The van der Waals surface area contributed by atoms with Gasteiger partial charge in [0.1, 0.15) is 5.75 Å². The molecule has 2 nitrogen and oxygen atoms in total. The van der Waals surface area contributed by atoms with Crippen LogP contribution in [0.3, 0.4) is 0 Å². The van der Waals surface area contributed by atoms with Gasteiger partial charge in [-0.25, -0.2) is 0 Å². The Morgan fingerprint density at radius 2 is 1.58 bits per heavy atom. The molecule has 0 bridgehead atoms. The van der Waals surface area contributed by atoms with E-state index >= 15 is 0 Å². The molecule has 0 aliphatic carbocycles. The first-order valence-electron chi connectivity index (χ1n) is 6.89. The van der Waals surface area contributed by atoms with Crippen LogP contribution < -0.4 is 0 Å². The van der Waals surface area contributed by atoms with Crippen molar-refractivity contribution in [3.8, 4) is 5.75 Å². The summed E-state index contributed by atoms with van der Waals surface area (Å²) in [4.78, 5) is 2.43. The minimum absolute atomic E-state index is 0. The van der Waals surface area contributed by atoms with Crippen LogP contribution in [0.4, 0.5) is 0 Å². The van der Waals surface area contributed by atoms with Crippen molar-refractivity contribution in [1.29, 1.82) is 0 Å². The molecule has 0 atom stereocenters. The minimum atomic E-state index is 0. The van der Waals surface area contributed by atoms with Crippen LogP contribution in [0.15, 0.2) is 18.2 Å². The summed E-state index contributed by atoms with van der Waals surface area (Å²) in [6, 6.07) is 5.84. The molecule has 1 N–H and O–H groups in total. The molecule has 0 unspecified atom stereocenters. The second kappa shape index (κ2) is 8.69. The molecule has 0 heterocycles. The van der Waals surface area contributed by atoms with Crippen molar-refractivity contribution in [2.75, 3.05) is 13.1 Å². The van der Waals surface area contributed by atoms with E-state index in [1.54, 1.807) is 6.07 Å². The summed E-state index contributed by atoms with van der Waals surface area (Å²) >= 11 is 0.